The van der Waals surface area contributed by atoms with Crippen LogP contribution in [-0.2, 0) is 9.84 Å². The van der Waals surface area contributed by atoms with Gasteiger partial charge in [-0.3, -0.25) is 4.79 Å². The maximum Gasteiger partial charge on any atom is 0.262 e. The van der Waals surface area contributed by atoms with Crippen molar-refractivity contribution in [1.82, 2.24) is 15.0 Å². The van der Waals surface area contributed by atoms with E-state index in [0.29, 0.717) is 11.2 Å². The molecular formula is C14H11ClN4O3S. The summed E-state index contributed by atoms with van der Waals surface area (Å²) in [6.07, 6.45) is 2.42. The summed E-state index contributed by atoms with van der Waals surface area (Å²) in [6.45, 7) is 0. The highest BCUT2D eigenvalue weighted by atomic mass is 35.5. The third-order valence-corrected chi connectivity index (χ3v) is 4.46. The number of nitrogens with one attached hydrogen (secondary N) is 2. The maximum atomic E-state index is 12.0. The molecule has 0 saturated heterocycles. The number of aromatic nitrogens is 3. The van der Waals surface area contributed by atoms with Crippen molar-refractivity contribution in [2.24, 2.45) is 0 Å². The number of H-pyrrole nitrogens is 1. The van der Waals surface area contributed by atoms with Gasteiger partial charge in [0, 0.05) is 18.0 Å². The van der Waals surface area contributed by atoms with Crippen molar-refractivity contribution in [3.05, 3.63) is 52.2 Å². The molecule has 118 valence electrons. The molecule has 23 heavy (non-hydrogen) atoms. The second-order valence-corrected chi connectivity index (χ2v) is 7.24. The Morgan fingerprint density at radius 2 is 1.91 bits per heavy atom. The lowest BCUT2D eigenvalue weighted by Gasteiger charge is -2.09. The molecule has 0 atom stereocenters. The molecule has 0 unspecified atom stereocenters. The minimum atomic E-state index is -3.27. The van der Waals surface area contributed by atoms with Crippen molar-refractivity contribution in [1.29, 1.82) is 0 Å². The number of anilines is 2. The van der Waals surface area contributed by atoms with Crippen LogP contribution in [0.3, 0.4) is 0 Å². The molecule has 0 aliphatic heterocycles. The summed E-state index contributed by atoms with van der Waals surface area (Å²) in [4.78, 5) is 22.8. The zero-order chi connectivity index (χ0) is 16.6. The molecule has 0 fully saturated rings. The van der Waals surface area contributed by atoms with E-state index in [9.17, 15) is 13.2 Å². The van der Waals surface area contributed by atoms with Gasteiger partial charge < -0.3 is 10.3 Å². The molecule has 9 heteroatoms. The fourth-order valence-corrected chi connectivity index (χ4v) is 2.89. The van der Waals surface area contributed by atoms with Crippen LogP contribution >= 0.6 is 11.6 Å². The van der Waals surface area contributed by atoms with Gasteiger partial charge in [-0.1, -0.05) is 11.6 Å². The molecule has 0 bridgehead atoms. The number of rotatable bonds is 3. The molecule has 0 amide bonds. The Morgan fingerprint density at radius 3 is 2.57 bits per heavy atom. The van der Waals surface area contributed by atoms with Crippen LogP contribution in [0.25, 0.3) is 10.9 Å². The number of pyridine rings is 1. The molecule has 2 heterocycles. The summed E-state index contributed by atoms with van der Waals surface area (Å²) < 4.78 is 22.9. The zero-order valence-electron chi connectivity index (χ0n) is 11.9. The average Bonchev–Trinajstić information content (AvgIpc) is 2.46. The number of sulfone groups is 1. The van der Waals surface area contributed by atoms with Gasteiger partial charge in [0.25, 0.3) is 5.56 Å². The quantitative estimate of drug-likeness (QED) is 0.701. The van der Waals surface area contributed by atoms with Crippen LogP contribution in [0.1, 0.15) is 0 Å². The Balaban J connectivity index is 2.07. The molecule has 0 saturated carbocycles. The predicted octanol–water partition coefficient (Wildman–Crippen LogP) is 2.12. The van der Waals surface area contributed by atoms with Gasteiger partial charge in [0.05, 0.1) is 16.7 Å². The van der Waals surface area contributed by atoms with Gasteiger partial charge in [0.1, 0.15) is 16.4 Å². The first-order valence-electron chi connectivity index (χ1n) is 6.46. The van der Waals surface area contributed by atoms with Crippen molar-refractivity contribution in [3.8, 4) is 0 Å². The molecule has 0 aliphatic carbocycles. The van der Waals surface area contributed by atoms with Crippen LogP contribution in [0.15, 0.2) is 46.3 Å². The minimum absolute atomic E-state index is 0.186. The molecule has 0 aliphatic rings. The predicted molar refractivity (Wildman–Crippen MR) is 88.0 cm³/mol. The first kappa shape index (κ1) is 15.4. The fraction of sp³-hybridized carbons (Fsp3) is 0.0714. The Bertz CT molecular complexity index is 1050. The molecule has 3 rings (SSSR count). The lowest BCUT2D eigenvalue weighted by atomic mass is 10.2. The monoisotopic (exact) mass is 350 g/mol. The van der Waals surface area contributed by atoms with Crippen molar-refractivity contribution in [2.75, 3.05) is 11.6 Å². The third kappa shape index (κ3) is 3.17. The third-order valence-electron chi connectivity index (χ3n) is 3.14. The SMILES string of the molecule is CS(=O)(=O)c1ccc(Nc2nc(Cl)cc3nc[nH]c(=O)c23)cc1. The van der Waals surface area contributed by atoms with Crippen LogP contribution in [0, 0.1) is 0 Å². The lowest BCUT2D eigenvalue weighted by Crippen LogP contribution is -2.10. The number of halogens is 1. The molecule has 0 spiro atoms. The smallest absolute Gasteiger partial charge is 0.262 e. The van der Waals surface area contributed by atoms with E-state index in [0.717, 1.165) is 6.26 Å². The number of hydrogen-bond donors (Lipinski definition) is 2. The lowest BCUT2D eigenvalue weighted by molar-refractivity contribution is 0.602. The van der Waals surface area contributed by atoms with Gasteiger partial charge >= 0.3 is 0 Å². The topological polar surface area (TPSA) is 105 Å². The van der Waals surface area contributed by atoms with E-state index in [1.165, 1.54) is 24.5 Å². The Kier molecular flexibility index (Phi) is 3.78. The van der Waals surface area contributed by atoms with E-state index in [1.807, 2.05) is 0 Å². The van der Waals surface area contributed by atoms with Crippen LogP contribution in [0.5, 0.6) is 0 Å². The summed E-state index contributed by atoms with van der Waals surface area (Å²) in [6, 6.07) is 7.58. The van der Waals surface area contributed by atoms with E-state index in [4.69, 9.17) is 11.6 Å². The largest absolute Gasteiger partial charge is 0.339 e. The number of fused-ring (bicyclic) bond motifs is 1. The fourth-order valence-electron chi connectivity index (χ4n) is 2.07. The van der Waals surface area contributed by atoms with E-state index in [-0.39, 0.29) is 26.8 Å². The van der Waals surface area contributed by atoms with Crippen molar-refractivity contribution in [2.45, 2.75) is 4.90 Å². The summed E-state index contributed by atoms with van der Waals surface area (Å²) >= 11 is 5.94. The standard InChI is InChI=1S/C14H11ClN4O3S/c1-23(21,22)9-4-2-8(3-5-9)18-13-12-10(6-11(15)19-13)16-7-17-14(12)20/h2-7H,1H3,(H,18,19)(H,16,17,20). The number of benzene rings is 1. The molecular weight excluding hydrogens is 340 g/mol. The molecule has 3 aromatic rings. The van der Waals surface area contributed by atoms with Gasteiger partial charge in [-0.15, -0.1) is 0 Å². The molecule has 7 nitrogen and oxygen atoms in total. The van der Waals surface area contributed by atoms with Crippen molar-refractivity contribution in [3.63, 3.8) is 0 Å². The van der Waals surface area contributed by atoms with Crippen LogP contribution in [0.2, 0.25) is 5.15 Å². The van der Waals surface area contributed by atoms with Crippen LogP contribution in [0.4, 0.5) is 11.5 Å². The molecule has 2 N–H and O–H groups in total. The highest BCUT2D eigenvalue weighted by Crippen LogP contribution is 2.24. The first-order chi connectivity index (χ1) is 10.8. The number of hydrogen-bond acceptors (Lipinski definition) is 6. The summed E-state index contributed by atoms with van der Waals surface area (Å²) in [5.41, 5.74) is 0.621. The number of aromatic amines is 1. The average molecular weight is 351 g/mol. The van der Waals surface area contributed by atoms with Gasteiger partial charge in [-0.05, 0) is 24.3 Å². The van der Waals surface area contributed by atoms with E-state index < -0.39 is 9.84 Å². The number of nitrogens with zero attached hydrogens (tertiary/aromatic N) is 2. The minimum Gasteiger partial charge on any atom is -0.339 e. The Hall–Kier alpha value is -2.45. The molecule has 1 aromatic carbocycles. The molecule has 0 radical (unpaired) electrons. The maximum absolute atomic E-state index is 12.0. The summed E-state index contributed by atoms with van der Waals surface area (Å²) in [5, 5.41) is 3.41. The van der Waals surface area contributed by atoms with Gasteiger partial charge in [0.2, 0.25) is 0 Å². The summed E-state index contributed by atoms with van der Waals surface area (Å²) in [5.74, 6) is 0.244. The second-order valence-electron chi connectivity index (χ2n) is 4.84. The summed E-state index contributed by atoms with van der Waals surface area (Å²) in [7, 11) is -3.27. The van der Waals surface area contributed by atoms with E-state index in [1.54, 1.807) is 12.1 Å². The van der Waals surface area contributed by atoms with E-state index in [2.05, 4.69) is 20.3 Å². The highest BCUT2D eigenvalue weighted by molar-refractivity contribution is 7.90. The Morgan fingerprint density at radius 1 is 1.22 bits per heavy atom. The van der Waals surface area contributed by atoms with Crippen LogP contribution in [-0.4, -0.2) is 29.6 Å². The normalized spacial score (nSPS) is 11.6. The highest BCUT2D eigenvalue weighted by Gasteiger charge is 2.11. The molecule has 2 aromatic heterocycles. The van der Waals surface area contributed by atoms with Gasteiger partial charge in [-0.2, -0.15) is 0 Å². The van der Waals surface area contributed by atoms with Crippen molar-refractivity contribution < 1.29 is 8.42 Å². The first-order valence-corrected chi connectivity index (χ1v) is 8.72. The van der Waals surface area contributed by atoms with Crippen LogP contribution < -0.4 is 10.9 Å². The van der Waals surface area contributed by atoms with Gasteiger partial charge in [0.15, 0.2) is 9.84 Å². The van der Waals surface area contributed by atoms with Crippen molar-refractivity contribution >= 4 is 43.8 Å². The Labute approximate surface area is 136 Å². The van der Waals surface area contributed by atoms with E-state index >= 15 is 0 Å². The van der Waals surface area contributed by atoms with Gasteiger partial charge in [-0.25, -0.2) is 18.4 Å². The zero-order valence-corrected chi connectivity index (χ0v) is 13.4. The second kappa shape index (κ2) is 5.64.